The van der Waals surface area contributed by atoms with E-state index in [0.717, 1.165) is 5.92 Å². The lowest BCUT2D eigenvalue weighted by atomic mass is 9.86. The van der Waals surface area contributed by atoms with Crippen molar-refractivity contribution < 1.29 is 9.53 Å². The Morgan fingerprint density at radius 1 is 1.25 bits per heavy atom. The van der Waals surface area contributed by atoms with Gasteiger partial charge in [-0.05, 0) is 38.5 Å². The first-order valence-electron chi connectivity index (χ1n) is 6.38. The Kier molecular flexibility index (Phi) is 5.26. The third-order valence-corrected chi connectivity index (χ3v) is 3.84. The molecule has 0 saturated heterocycles. The van der Waals surface area contributed by atoms with Gasteiger partial charge in [-0.1, -0.05) is 13.8 Å². The molecule has 2 unspecified atom stereocenters. The van der Waals surface area contributed by atoms with Gasteiger partial charge in [-0.2, -0.15) is 0 Å². The average molecular weight is 227 g/mol. The predicted octanol–water partition coefficient (Wildman–Crippen LogP) is 2.35. The van der Waals surface area contributed by atoms with E-state index in [9.17, 15) is 4.79 Å². The maximum Gasteiger partial charge on any atom is 0.309 e. The number of ether oxygens (including phenoxy) is 1. The summed E-state index contributed by atoms with van der Waals surface area (Å²) in [6, 6.07) is 0.782. The maximum absolute atomic E-state index is 11.4. The molecule has 1 aliphatic carbocycles. The molecule has 0 bridgehead atoms. The van der Waals surface area contributed by atoms with Gasteiger partial charge in [-0.25, -0.2) is 0 Å². The summed E-state index contributed by atoms with van der Waals surface area (Å²) in [5, 5.41) is 3.55. The lowest BCUT2D eigenvalue weighted by molar-refractivity contribution is -0.145. The quantitative estimate of drug-likeness (QED) is 0.749. The van der Waals surface area contributed by atoms with E-state index < -0.39 is 0 Å². The molecular formula is C13H25NO2. The van der Waals surface area contributed by atoms with E-state index in [2.05, 4.69) is 19.2 Å². The maximum atomic E-state index is 11.4. The summed E-state index contributed by atoms with van der Waals surface area (Å²) >= 11 is 0. The number of esters is 1. The standard InChI is InChI=1S/C13H25NO2/c1-9-5-7-12(8-6-9)14-11(3)10(2)13(15)16-4/h9-12,14H,5-8H2,1-4H3. The van der Waals surface area contributed by atoms with Crippen LogP contribution in [0.4, 0.5) is 0 Å². The second-order valence-corrected chi connectivity index (χ2v) is 5.22. The van der Waals surface area contributed by atoms with Crippen LogP contribution >= 0.6 is 0 Å². The molecule has 94 valence electrons. The zero-order valence-corrected chi connectivity index (χ0v) is 11.0. The lowest BCUT2D eigenvalue weighted by Gasteiger charge is -2.31. The molecule has 0 aromatic heterocycles. The van der Waals surface area contributed by atoms with E-state index in [1.807, 2.05) is 6.92 Å². The fourth-order valence-corrected chi connectivity index (χ4v) is 2.33. The van der Waals surface area contributed by atoms with Crippen molar-refractivity contribution in [3.05, 3.63) is 0 Å². The van der Waals surface area contributed by atoms with Crippen LogP contribution in [-0.4, -0.2) is 25.2 Å². The molecule has 0 spiro atoms. The Bertz CT molecular complexity index is 222. The number of carbonyl (C=O) groups is 1. The van der Waals surface area contributed by atoms with Gasteiger partial charge in [0.25, 0.3) is 0 Å². The number of hydrogen-bond acceptors (Lipinski definition) is 3. The SMILES string of the molecule is COC(=O)C(C)C(C)NC1CCC(C)CC1. The highest BCUT2D eigenvalue weighted by atomic mass is 16.5. The molecule has 1 fully saturated rings. The molecule has 0 heterocycles. The molecule has 0 aromatic carbocycles. The normalized spacial score (nSPS) is 29.5. The molecule has 2 atom stereocenters. The Morgan fingerprint density at radius 2 is 1.81 bits per heavy atom. The molecular weight excluding hydrogens is 202 g/mol. The summed E-state index contributed by atoms with van der Waals surface area (Å²) in [6.07, 6.45) is 5.08. The van der Waals surface area contributed by atoms with Crippen molar-refractivity contribution in [3.63, 3.8) is 0 Å². The highest BCUT2D eigenvalue weighted by Crippen LogP contribution is 2.24. The first kappa shape index (κ1) is 13.5. The van der Waals surface area contributed by atoms with Crippen LogP contribution in [0.15, 0.2) is 0 Å². The molecule has 0 aromatic rings. The highest BCUT2D eigenvalue weighted by Gasteiger charge is 2.25. The van der Waals surface area contributed by atoms with Crippen LogP contribution in [0.3, 0.4) is 0 Å². The van der Waals surface area contributed by atoms with Crippen LogP contribution in [0.2, 0.25) is 0 Å². The molecule has 1 N–H and O–H groups in total. The van der Waals surface area contributed by atoms with E-state index >= 15 is 0 Å². The van der Waals surface area contributed by atoms with Gasteiger partial charge >= 0.3 is 5.97 Å². The smallest absolute Gasteiger partial charge is 0.309 e. The van der Waals surface area contributed by atoms with Gasteiger partial charge in [0, 0.05) is 12.1 Å². The van der Waals surface area contributed by atoms with Crippen LogP contribution in [-0.2, 0) is 9.53 Å². The fourth-order valence-electron chi connectivity index (χ4n) is 2.33. The van der Waals surface area contributed by atoms with Crippen LogP contribution in [0.1, 0.15) is 46.5 Å². The number of hydrogen-bond donors (Lipinski definition) is 1. The molecule has 16 heavy (non-hydrogen) atoms. The molecule has 1 aliphatic rings. The Hall–Kier alpha value is -0.570. The zero-order valence-electron chi connectivity index (χ0n) is 11.0. The van der Waals surface area contributed by atoms with Gasteiger partial charge in [0.2, 0.25) is 0 Å². The third-order valence-electron chi connectivity index (χ3n) is 3.84. The second-order valence-electron chi connectivity index (χ2n) is 5.22. The van der Waals surface area contributed by atoms with Crippen molar-refractivity contribution in [1.29, 1.82) is 0 Å². The first-order chi connectivity index (χ1) is 7.54. The molecule has 1 saturated carbocycles. The summed E-state index contributed by atoms with van der Waals surface area (Å²) in [7, 11) is 1.45. The van der Waals surface area contributed by atoms with Crippen molar-refractivity contribution in [2.45, 2.75) is 58.5 Å². The minimum atomic E-state index is -0.121. The van der Waals surface area contributed by atoms with Crippen LogP contribution in [0.25, 0.3) is 0 Å². The summed E-state index contributed by atoms with van der Waals surface area (Å²) in [5.41, 5.74) is 0. The number of methoxy groups -OCH3 is 1. The van der Waals surface area contributed by atoms with E-state index in [4.69, 9.17) is 4.74 Å². The van der Waals surface area contributed by atoms with Crippen LogP contribution in [0, 0.1) is 11.8 Å². The average Bonchev–Trinajstić information content (AvgIpc) is 2.30. The molecule has 0 aliphatic heterocycles. The van der Waals surface area contributed by atoms with Crippen molar-refractivity contribution in [3.8, 4) is 0 Å². The fraction of sp³-hybridized carbons (Fsp3) is 0.923. The molecule has 0 radical (unpaired) electrons. The Balaban J connectivity index is 2.33. The summed E-state index contributed by atoms with van der Waals surface area (Å²) < 4.78 is 4.76. The minimum absolute atomic E-state index is 0.0654. The number of carbonyl (C=O) groups excluding carboxylic acids is 1. The second kappa shape index (κ2) is 6.24. The van der Waals surface area contributed by atoms with Gasteiger partial charge in [0.05, 0.1) is 13.0 Å². The van der Waals surface area contributed by atoms with Crippen molar-refractivity contribution in [1.82, 2.24) is 5.32 Å². The van der Waals surface area contributed by atoms with Gasteiger partial charge in [-0.15, -0.1) is 0 Å². The Morgan fingerprint density at radius 3 is 2.31 bits per heavy atom. The predicted molar refractivity (Wildman–Crippen MR) is 65.2 cm³/mol. The summed E-state index contributed by atoms with van der Waals surface area (Å²) in [6.45, 7) is 6.31. The number of rotatable bonds is 4. The summed E-state index contributed by atoms with van der Waals surface area (Å²) in [5.74, 6) is 0.680. The molecule has 3 nitrogen and oxygen atoms in total. The zero-order chi connectivity index (χ0) is 12.1. The van der Waals surface area contributed by atoms with Gasteiger partial charge in [0.15, 0.2) is 0 Å². The van der Waals surface area contributed by atoms with E-state index in [0.29, 0.717) is 6.04 Å². The van der Waals surface area contributed by atoms with Gasteiger partial charge in [-0.3, -0.25) is 4.79 Å². The third kappa shape index (κ3) is 3.78. The van der Waals surface area contributed by atoms with Crippen molar-refractivity contribution >= 4 is 5.97 Å². The van der Waals surface area contributed by atoms with Crippen molar-refractivity contribution in [2.24, 2.45) is 11.8 Å². The lowest BCUT2D eigenvalue weighted by Crippen LogP contribution is -2.44. The highest BCUT2D eigenvalue weighted by molar-refractivity contribution is 5.72. The molecule has 3 heteroatoms. The topological polar surface area (TPSA) is 38.3 Å². The van der Waals surface area contributed by atoms with Crippen LogP contribution < -0.4 is 5.32 Å². The van der Waals surface area contributed by atoms with E-state index in [1.54, 1.807) is 0 Å². The summed E-state index contributed by atoms with van der Waals surface area (Å²) in [4.78, 5) is 11.4. The van der Waals surface area contributed by atoms with E-state index in [-0.39, 0.29) is 17.9 Å². The largest absolute Gasteiger partial charge is 0.469 e. The van der Waals surface area contributed by atoms with Gasteiger partial charge in [0.1, 0.15) is 0 Å². The van der Waals surface area contributed by atoms with Gasteiger partial charge < -0.3 is 10.1 Å². The van der Waals surface area contributed by atoms with Crippen LogP contribution in [0.5, 0.6) is 0 Å². The number of nitrogens with one attached hydrogen (secondary N) is 1. The van der Waals surface area contributed by atoms with E-state index in [1.165, 1.54) is 32.8 Å². The van der Waals surface area contributed by atoms with Crippen molar-refractivity contribution in [2.75, 3.05) is 7.11 Å². The molecule has 0 amide bonds. The monoisotopic (exact) mass is 227 g/mol. The first-order valence-corrected chi connectivity index (χ1v) is 6.38. The Labute approximate surface area is 98.9 Å². The molecule has 1 rings (SSSR count). The minimum Gasteiger partial charge on any atom is -0.469 e.